The van der Waals surface area contributed by atoms with E-state index in [4.69, 9.17) is 4.74 Å². The predicted molar refractivity (Wildman–Crippen MR) is 147 cm³/mol. The van der Waals surface area contributed by atoms with Crippen LogP contribution in [0.4, 0.5) is 4.79 Å². The maximum Gasteiger partial charge on any atom is 0.408 e. The Balaban J connectivity index is 2.55. The number of phenols is 2. The van der Waals surface area contributed by atoms with Crippen molar-refractivity contribution in [1.29, 1.82) is 0 Å². The van der Waals surface area contributed by atoms with Crippen molar-refractivity contribution in [1.82, 2.24) is 15.5 Å². The van der Waals surface area contributed by atoms with Crippen molar-refractivity contribution in [3.05, 3.63) is 59.7 Å². The quantitative estimate of drug-likeness (QED) is 0.290. The topological polar surface area (TPSA) is 154 Å². The molecule has 11 heteroatoms. The number of esters is 1. The molecule has 0 bridgehead atoms. The molecule has 2 aromatic carbocycles. The number of ether oxygens (including phenoxy) is 2. The van der Waals surface area contributed by atoms with Crippen LogP contribution in [0, 0.1) is 0 Å². The third kappa shape index (κ3) is 9.79. The van der Waals surface area contributed by atoms with Gasteiger partial charge < -0.3 is 35.2 Å². The summed E-state index contributed by atoms with van der Waals surface area (Å²) in [4.78, 5) is 53.5. The molecule has 11 nitrogen and oxygen atoms in total. The van der Waals surface area contributed by atoms with Crippen LogP contribution in [-0.4, -0.2) is 70.8 Å². The van der Waals surface area contributed by atoms with Crippen molar-refractivity contribution in [2.45, 2.75) is 64.6 Å². The van der Waals surface area contributed by atoms with Gasteiger partial charge in [-0.25, -0.2) is 4.79 Å². The van der Waals surface area contributed by atoms with Crippen molar-refractivity contribution in [2.24, 2.45) is 0 Å². The third-order valence-corrected chi connectivity index (χ3v) is 5.83. The summed E-state index contributed by atoms with van der Waals surface area (Å²) in [7, 11) is 1.18. The van der Waals surface area contributed by atoms with Gasteiger partial charge in [0.25, 0.3) is 0 Å². The van der Waals surface area contributed by atoms with E-state index in [1.165, 1.54) is 36.3 Å². The molecule has 2 atom stereocenters. The first-order valence-corrected chi connectivity index (χ1v) is 13.1. The standard InChI is InChI=1S/C29H39N3O8/c1-6-7-16-32(25(21-10-8-9-11-23(21)34)26(36)30-18-24(35)39-5)27(37)22(31-28(38)40-29(2,3)4)17-19-12-14-20(33)15-13-19/h8-15,22,25,33-34H,6-7,16-18H2,1-5H3,(H,30,36)(H,31,38). The average Bonchev–Trinajstić information content (AvgIpc) is 2.89. The number of para-hydroxylation sites is 1. The van der Waals surface area contributed by atoms with E-state index in [0.29, 0.717) is 18.4 Å². The van der Waals surface area contributed by atoms with E-state index in [0.717, 1.165) is 0 Å². The fraction of sp³-hybridized carbons (Fsp3) is 0.448. The molecule has 2 rings (SSSR count). The van der Waals surface area contributed by atoms with E-state index in [2.05, 4.69) is 15.4 Å². The average molecular weight is 558 g/mol. The van der Waals surface area contributed by atoms with Gasteiger partial charge in [-0.2, -0.15) is 0 Å². The number of rotatable bonds is 12. The molecule has 0 aliphatic heterocycles. The number of unbranched alkanes of at least 4 members (excludes halogenated alkanes) is 1. The van der Waals surface area contributed by atoms with E-state index in [9.17, 15) is 29.4 Å². The van der Waals surface area contributed by atoms with Crippen molar-refractivity contribution < 1.29 is 38.9 Å². The monoisotopic (exact) mass is 557 g/mol. The summed E-state index contributed by atoms with van der Waals surface area (Å²) in [6, 6.07) is 9.77. The van der Waals surface area contributed by atoms with Crippen LogP contribution in [0.3, 0.4) is 0 Å². The van der Waals surface area contributed by atoms with Crippen LogP contribution in [-0.2, 0) is 30.3 Å². The Morgan fingerprint density at radius 2 is 1.65 bits per heavy atom. The van der Waals surface area contributed by atoms with Crippen LogP contribution >= 0.6 is 0 Å². The number of nitrogens with zero attached hydrogens (tertiary/aromatic N) is 1. The van der Waals surface area contributed by atoms with Crippen molar-refractivity contribution >= 4 is 23.9 Å². The minimum atomic E-state index is -1.33. The highest BCUT2D eigenvalue weighted by Gasteiger charge is 2.37. The number of carbonyl (C=O) groups excluding carboxylic acids is 4. The number of aromatic hydroxyl groups is 2. The number of nitrogens with one attached hydrogen (secondary N) is 2. The normalized spacial score (nSPS) is 12.5. The van der Waals surface area contributed by atoms with E-state index in [1.54, 1.807) is 45.0 Å². The largest absolute Gasteiger partial charge is 0.508 e. The Morgan fingerprint density at radius 3 is 2.23 bits per heavy atom. The Bertz CT molecular complexity index is 1160. The maximum atomic E-state index is 14.2. The van der Waals surface area contributed by atoms with Crippen LogP contribution in [0.2, 0.25) is 0 Å². The van der Waals surface area contributed by atoms with E-state index in [-0.39, 0.29) is 30.0 Å². The molecule has 3 amide bonds. The minimum absolute atomic E-state index is 0.0260. The number of alkyl carbamates (subject to hydrolysis) is 1. The second kappa shape index (κ2) is 14.8. The summed E-state index contributed by atoms with van der Waals surface area (Å²) >= 11 is 0. The van der Waals surface area contributed by atoms with Gasteiger partial charge in [0.2, 0.25) is 11.8 Å². The molecule has 40 heavy (non-hydrogen) atoms. The fourth-order valence-electron chi connectivity index (χ4n) is 3.91. The first-order chi connectivity index (χ1) is 18.9. The highest BCUT2D eigenvalue weighted by Crippen LogP contribution is 2.30. The fourth-order valence-corrected chi connectivity index (χ4v) is 3.91. The molecule has 2 aromatic rings. The second-order valence-electron chi connectivity index (χ2n) is 10.2. The predicted octanol–water partition coefficient (Wildman–Crippen LogP) is 3.19. The highest BCUT2D eigenvalue weighted by molar-refractivity contribution is 5.93. The zero-order valence-electron chi connectivity index (χ0n) is 23.6. The molecule has 0 aromatic heterocycles. The number of hydrogen-bond acceptors (Lipinski definition) is 8. The minimum Gasteiger partial charge on any atom is -0.508 e. The van der Waals surface area contributed by atoms with Gasteiger partial charge in [-0.05, 0) is 51.0 Å². The number of methoxy groups -OCH3 is 1. The molecular formula is C29H39N3O8. The van der Waals surface area contributed by atoms with Crippen LogP contribution in [0.15, 0.2) is 48.5 Å². The summed E-state index contributed by atoms with van der Waals surface area (Å²) in [5.41, 5.74) is -0.0450. The molecule has 0 aliphatic rings. The molecule has 0 aliphatic carbocycles. The second-order valence-corrected chi connectivity index (χ2v) is 10.2. The SMILES string of the molecule is CCCCN(C(=O)C(Cc1ccc(O)cc1)NC(=O)OC(C)(C)C)C(C(=O)NCC(=O)OC)c1ccccc1O. The van der Waals surface area contributed by atoms with Gasteiger partial charge >= 0.3 is 12.1 Å². The van der Waals surface area contributed by atoms with E-state index < -0.39 is 48.1 Å². The number of phenolic OH excluding ortho intramolecular Hbond substituents is 2. The smallest absolute Gasteiger partial charge is 0.408 e. The van der Waals surface area contributed by atoms with Gasteiger partial charge in [0.1, 0.15) is 35.7 Å². The molecule has 218 valence electrons. The summed E-state index contributed by atoms with van der Waals surface area (Å²) in [5.74, 6) is -2.18. The zero-order valence-corrected chi connectivity index (χ0v) is 23.6. The Kier molecular flexibility index (Phi) is 11.8. The molecule has 0 heterocycles. The number of benzene rings is 2. The first-order valence-electron chi connectivity index (χ1n) is 13.1. The summed E-state index contributed by atoms with van der Waals surface area (Å²) in [6.45, 7) is 6.66. The summed E-state index contributed by atoms with van der Waals surface area (Å²) < 4.78 is 10.0. The maximum absolute atomic E-state index is 14.2. The molecular weight excluding hydrogens is 518 g/mol. The zero-order chi connectivity index (χ0) is 29.9. The van der Waals surface area contributed by atoms with Crippen LogP contribution in [0.25, 0.3) is 0 Å². The van der Waals surface area contributed by atoms with Crippen molar-refractivity contribution in [2.75, 3.05) is 20.2 Å². The Labute approximate surface area is 234 Å². The van der Waals surface area contributed by atoms with Crippen molar-refractivity contribution in [3.8, 4) is 11.5 Å². The molecule has 2 unspecified atom stereocenters. The number of carbonyl (C=O) groups is 4. The van der Waals surface area contributed by atoms with E-state index in [1.807, 2.05) is 6.92 Å². The summed E-state index contributed by atoms with van der Waals surface area (Å²) in [6.07, 6.45) is 0.397. The molecule has 0 saturated heterocycles. The van der Waals surface area contributed by atoms with Crippen LogP contribution < -0.4 is 10.6 Å². The molecule has 0 fully saturated rings. The van der Waals surface area contributed by atoms with Crippen LogP contribution in [0.5, 0.6) is 11.5 Å². The summed E-state index contributed by atoms with van der Waals surface area (Å²) in [5, 5.41) is 25.5. The van der Waals surface area contributed by atoms with Gasteiger partial charge in [0.05, 0.1) is 7.11 Å². The number of hydrogen-bond donors (Lipinski definition) is 4. The van der Waals surface area contributed by atoms with Crippen LogP contribution in [0.1, 0.15) is 57.7 Å². The van der Waals surface area contributed by atoms with Gasteiger partial charge in [0.15, 0.2) is 0 Å². The molecule has 4 N–H and O–H groups in total. The Morgan fingerprint density at radius 1 is 1.00 bits per heavy atom. The molecule has 0 saturated carbocycles. The van der Waals surface area contributed by atoms with Gasteiger partial charge in [-0.3, -0.25) is 14.4 Å². The molecule has 0 radical (unpaired) electrons. The first kappa shape index (κ1) is 31.9. The molecule has 0 spiro atoms. The lowest BCUT2D eigenvalue weighted by Gasteiger charge is -2.34. The van der Waals surface area contributed by atoms with Gasteiger partial charge in [-0.15, -0.1) is 0 Å². The van der Waals surface area contributed by atoms with Gasteiger partial charge in [-0.1, -0.05) is 43.7 Å². The van der Waals surface area contributed by atoms with Crippen molar-refractivity contribution in [3.63, 3.8) is 0 Å². The lowest BCUT2D eigenvalue weighted by molar-refractivity contribution is -0.144. The van der Waals surface area contributed by atoms with Gasteiger partial charge in [0, 0.05) is 18.5 Å². The lowest BCUT2D eigenvalue weighted by Crippen LogP contribution is -2.54. The highest BCUT2D eigenvalue weighted by atomic mass is 16.6. The lowest BCUT2D eigenvalue weighted by atomic mass is 9.99. The Hall–Kier alpha value is -4.28. The van der Waals surface area contributed by atoms with E-state index >= 15 is 0 Å². The third-order valence-electron chi connectivity index (χ3n) is 5.83. The number of amides is 3.